The fourth-order valence-electron chi connectivity index (χ4n) is 1.62. The minimum atomic E-state index is -1.10. The third-order valence-electron chi connectivity index (χ3n) is 2.56. The van der Waals surface area contributed by atoms with Gasteiger partial charge in [-0.3, -0.25) is 9.59 Å². The summed E-state index contributed by atoms with van der Waals surface area (Å²) < 4.78 is 5.08. The van der Waals surface area contributed by atoms with Crippen LogP contribution in [-0.4, -0.2) is 40.6 Å². The predicted octanol–water partition coefficient (Wildman–Crippen LogP) is 2.15. The Balaban J connectivity index is 2.21. The van der Waals surface area contributed by atoms with E-state index in [1.165, 1.54) is 13.1 Å². The van der Waals surface area contributed by atoms with Gasteiger partial charge in [-0.25, -0.2) is 0 Å². The van der Waals surface area contributed by atoms with E-state index in [9.17, 15) is 9.59 Å². The molecule has 6 nitrogen and oxygen atoms in total. The minimum absolute atomic E-state index is 0.0451. The number of amides is 1. The predicted molar refractivity (Wildman–Crippen MR) is 71.5 cm³/mol. The minimum Gasteiger partial charge on any atom is -0.480 e. The summed E-state index contributed by atoms with van der Waals surface area (Å²) in [7, 11) is 1.38. The van der Waals surface area contributed by atoms with Gasteiger partial charge in [-0.2, -0.15) is 0 Å². The van der Waals surface area contributed by atoms with Crippen LogP contribution in [0.1, 0.15) is 10.5 Å². The van der Waals surface area contributed by atoms with Crippen molar-refractivity contribution in [3.63, 3.8) is 0 Å². The van der Waals surface area contributed by atoms with Gasteiger partial charge in [-0.05, 0) is 12.1 Å². The summed E-state index contributed by atoms with van der Waals surface area (Å²) in [5.41, 5.74) is 0.730. The van der Waals surface area contributed by atoms with Gasteiger partial charge in [0.2, 0.25) is 0 Å². The number of aromatic nitrogens is 1. The van der Waals surface area contributed by atoms with Crippen LogP contribution in [0.15, 0.2) is 34.9 Å². The molecule has 20 heavy (non-hydrogen) atoms. The topological polar surface area (TPSA) is 83.6 Å². The zero-order valence-corrected chi connectivity index (χ0v) is 11.3. The number of aliphatic carboxylic acids is 1. The molecule has 2 rings (SSSR count). The normalized spacial score (nSPS) is 10.3. The first-order valence-electron chi connectivity index (χ1n) is 5.67. The maximum absolute atomic E-state index is 11.9. The maximum Gasteiger partial charge on any atom is 0.323 e. The van der Waals surface area contributed by atoms with E-state index < -0.39 is 18.4 Å². The van der Waals surface area contributed by atoms with E-state index in [4.69, 9.17) is 21.2 Å². The number of carbonyl (C=O) groups excluding carboxylic acids is 1. The highest BCUT2D eigenvalue weighted by Gasteiger charge is 2.19. The van der Waals surface area contributed by atoms with E-state index in [-0.39, 0.29) is 5.69 Å². The molecule has 1 N–H and O–H groups in total. The van der Waals surface area contributed by atoms with Crippen molar-refractivity contribution >= 4 is 23.5 Å². The van der Waals surface area contributed by atoms with E-state index in [0.717, 1.165) is 4.90 Å². The molecule has 0 unspecified atom stereocenters. The number of halogens is 1. The Bertz CT molecular complexity index is 653. The molecule has 2 aromatic rings. The number of carboxylic acids is 1. The van der Waals surface area contributed by atoms with E-state index in [0.29, 0.717) is 16.3 Å². The lowest BCUT2D eigenvalue weighted by Gasteiger charge is -2.11. The van der Waals surface area contributed by atoms with Gasteiger partial charge < -0.3 is 14.5 Å². The zero-order chi connectivity index (χ0) is 14.7. The average Bonchev–Trinajstić information content (AvgIpc) is 2.86. The largest absolute Gasteiger partial charge is 0.480 e. The number of likely N-dealkylation sites (N-methyl/N-ethyl adjacent to an activating group) is 1. The standard InChI is InChI=1S/C13H11ClN2O4/c1-16(7-12(17)18)13(19)10-6-11(20-15-10)8-3-2-4-9(14)5-8/h2-6H,7H2,1H3,(H,17,18). The summed E-state index contributed by atoms with van der Waals surface area (Å²) in [6.07, 6.45) is 0. The quantitative estimate of drug-likeness (QED) is 0.934. The smallest absolute Gasteiger partial charge is 0.323 e. The lowest BCUT2D eigenvalue weighted by molar-refractivity contribution is -0.137. The first-order chi connectivity index (χ1) is 9.47. The summed E-state index contributed by atoms with van der Waals surface area (Å²) in [5.74, 6) is -1.23. The summed E-state index contributed by atoms with van der Waals surface area (Å²) in [5, 5.41) is 12.8. The third-order valence-corrected chi connectivity index (χ3v) is 2.79. The molecule has 0 aliphatic heterocycles. The van der Waals surface area contributed by atoms with Gasteiger partial charge in [0.25, 0.3) is 5.91 Å². The van der Waals surface area contributed by atoms with Crippen LogP contribution < -0.4 is 0 Å². The highest BCUT2D eigenvalue weighted by Crippen LogP contribution is 2.23. The molecule has 7 heteroatoms. The van der Waals surface area contributed by atoms with Crippen LogP contribution in [0.4, 0.5) is 0 Å². The zero-order valence-electron chi connectivity index (χ0n) is 10.5. The molecule has 0 fully saturated rings. The van der Waals surface area contributed by atoms with Crippen LogP contribution in [0.25, 0.3) is 11.3 Å². The van der Waals surface area contributed by atoms with E-state index in [1.54, 1.807) is 24.3 Å². The molecule has 1 heterocycles. The Morgan fingerprint density at radius 3 is 2.80 bits per heavy atom. The summed E-state index contributed by atoms with van der Waals surface area (Å²) in [6, 6.07) is 8.36. The summed E-state index contributed by atoms with van der Waals surface area (Å²) in [6.45, 7) is -0.405. The number of carbonyl (C=O) groups is 2. The molecular formula is C13H11ClN2O4. The lowest BCUT2D eigenvalue weighted by Crippen LogP contribution is -2.32. The fraction of sp³-hybridized carbons (Fsp3) is 0.154. The van der Waals surface area contributed by atoms with Gasteiger partial charge in [0.1, 0.15) is 6.54 Å². The molecule has 0 saturated heterocycles. The number of rotatable bonds is 4. The molecule has 1 amide bonds. The van der Waals surface area contributed by atoms with Crippen molar-refractivity contribution in [2.75, 3.05) is 13.6 Å². The molecule has 0 aliphatic rings. The SMILES string of the molecule is CN(CC(=O)O)C(=O)c1cc(-c2cccc(Cl)c2)on1. The van der Waals surface area contributed by atoms with Crippen molar-refractivity contribution in [3.05, 3.63) is 41.0 Å². The van der Waals surface area contributed by atoms with Crippen LogP contribution in [-0.2, 0) is 4.79 Å². The third kappa shape index (κ3) is 3.16. The average molecular weight is 295 g/mol. The number of benzene rings is 1. The first-order valence-corrected chi connectivity index (χ1v) is 6.05. The Labute approximate surface area is 119 Å². The summed E-state index contributed by atoms with van der Waals surface area (Å²) >= 11 is 5.87. The second-order valence-electron chi connectivity index (χ2n) is 4.14. The van der Waals surface area contributed by atoms with E-state index >= 15 is 0 Å². The number of hydrogen-bond acceptors (Lipinski definition) is 4. The molecular weight excluding hydrogens is 284 g/mol. The van der Waals surface area contributed by atoms with Crippen LogP contribution in [0.5, 0.6) is 0 Å². The lowest BCUT2D eigenvalue weighted by atomic mass is 10.1. The van der Waals surface area contributed by atoms with Gasteiger partial charge in [0.15, 0.2) is 11.5 Å². The molecule has 1 aromatic carbocycles. The second-order valence-corrected chi connectivity index (χ2v) is 4.58. The number of nitrogens with zero attached hydrogens (tertiary/aromatic N) is 2. The van der Waals surface area contributed by atoms with Gasteiger partial charge >= 0.3 is 5.97 Å². The highest BCUT2D eigenvalue weighted by atomic mass is 35.5. The van der Waals surface area contributed by atoms with Crippen LogP contribution in [0.3, 0.4) is 0 Å². The van der Waals surface area contributed by atoms with Crippen molar-refractivity contribution in [2.24, 2.45) is 0 Å². The van der Waals surface area contributed by atoms with Crippen molar-refractivity contribution in [2.45, 2.75) is 0 Å². The molecule has 0 aliphatic carbocycles. The molecule has 0 spiro atoms. The van der Waals surface area contributed by atoms with Crippen molar-refractivity contribution in [1.29, 1.82) is 0 Å². The number of hydrogen-bond donors (Lipinski definition) is 1. The van der Waals surface area contributed by atoms with E-state index in [1.807, 2.05) is 0 Å². The monoisotopic (exact) mass is 294 g/mol. The van der Waals surface area contributed by atoms with E-state index in [2.05, 4.69) is 5.16 Å². The first kappa shape index (κ1) is 14.1. The molecule has 0 saturated carbocycles. The maximum atomic E-state index is 11.9. The van der Waals surface area contributed by atoms with Crippen LogP contribution >= 0.6 is 11.6 Å². The number of carboxylic acid groups (broad SMARTS) is 1. The van der Waals surface area contributed by atoms with Crippen molar-refractivity contribution in [3.8, 4) is 11.3 Å². The Morgan fingerprint density at radius 1 is 1.40 bits per heavy atom. The molecule has 104 valence electrons. The molecule has 0 bridgehead atoms. The van der Waals surface area contributed by atoms with Gasteiger partial charge in [0.05, 0.1) is 0 Å². The Morgan fingerprint density at radius 2 is 2.15 bits per heavy atom. The van der Waals surface area contributed by atoms with Gasteiger partial charge in [-0.15, -0.1) is 0 Å². The summed E-state index contributed by atoms with van der Waals surface area (Å²) in [4.78, 5) is 23.5. The van der Waals surface area contributed by atoms with Crippen LogP contribution in [0.2, 0.25) is 5.02 Å². The van der Waals surface area contributed by atoms with Crippen molar-refractivity contribution < 1.29 is 19.2 Å². The fourth-order valence-corrected chi connectivity index (χ4v) is 1.81. The highest BCUT2D eigenvalue weighted by molar-refractivity contribution is 6.30. The molecule has 0 atom stereocenters. The van der Waals surface area contributed by atoms with Gasteiger partial charge in [-0.1, -0.05) is 28.9 Å². The Hall–Kier alpha value is -2.34. The van der Waals surface area contributed by atoms with Crippen LogP contribution in [0, 0.1) is 0 Å². The molecule has 1 aromatic heterocycles. The van der Waals surface area contributed by atoms with Crippen molar-refractivity contribution in [1.82, 2.24) is 10.1 Å². The second kappa shape index (κ2) is 5.75. The molecule has 0 radical (unpaired) electrons. The van der Waals surface area contributed by atoms with Gasteiger partial charge in [0, 0.05) is 23.7 Å². The Kier molecular flexibility index (Phi) is 4.05.